The van der Waals surface area contributed by atoms with E-state index in [1.807, 2.05) is 32.0 Å². The van der Waals surface area contributed by atoms with Crippen LogP contribution in [0.3, 0.4) is 0 Å². The highest BCUT2D eigenvalue weighted by atomic mass is 35.5. The van der Waals surface area contributed by atoms with E-state index in [1.54, 1.807) is 35.5 Å². The van der Waals surface area contributed by atoms with Crippen molar-refractivity contribution in [2.45, 2.75) is 26.7 Å². The van der Waals surface area contributed by atoms with Gasteiger partial charge in [-0.1, -0.05) is 43.7 Å². The van der Waals surface area contributed by atoms with Crippen LogP contribution in [0.4, 0.5) is 0 Å². The zero-order valence-corrected chi connectivity index (χ0v) is 18.2. The highest BCUT2D eigenvalue weighted by Gasteiger charge is 2.36. The van der Waals surface area contributed by atoms with Crippen LogP contribution in [0.2, 0.25) is 5.02 Å². The molecule has 150 valence electrons. The standard InChI is InChI=1S/C22H22ClN3O2S/c1-22(2)11-14(10-16(12-24)19(22)27)8-9-26(3)21(28)18-13-29-20(25-18)15-4-6-17(23)7-5-15/h4-7,10,13-14H,8-9,11H2,1-3H3/t14-/m1/s1. The van der Waals surface area contributed by atoms with Crippen LogP contribution in [0.5, 0.6) is 0 Å². The van der Waals surface area contributed by atoms with Gasteiger partial charge in [-0.3, -0.25) is 9.59 Å². The monoisotopic (exact) mass is 427 g/mol. The maximum absolute atomic E-state index is 12.7. The second-order valence-electron chi connectivity index (χ2n) is 7.93. The molecular formula is C22H22ClN3O2S. The van der Waals surface area contributed by atoms with E-state index in [1.165, 1.54) is 11.3 Å². The number of amides is 1. The van der Waals surface area contributed by atoms with Crippen molar-refractivity contribution in [3.63, 3.8) is 0 Å². The molecule has 1 atom stereocenters. The fraction of sp³-hybridized carbons (Fsp3) is 0.364. The van der Waals surface area contributed by atoms with Gasteiger partial charge in [0.25, 0.3) is 5.91 Å². The smallest absolute Gasteiger partial charge is 0.273 e. The summed E-state index contributed by atoms with van der Waals surface area (Å²) in [6, 6.07) is 9.36. The molecule has 0 fully saturated rings. The van der Waals surface area contributed by atoms with Gasteiger partial charge in [-0.2, -0.15) is 5.26 Å². The van der Waals surface area contributed by atoms with E-state index in [4.69, 9.17) is 11.6 Å². The molecule has 3 rings (SSSR count). The first kappa shape index (κ1) is 21.2. The molecule has 0 radical (unpaired) electrons. The van der Waals surface area contributed by atoms with Crippen LogP contribution in [-0.4, -0.2) is 35.2 Å². The molecule has 2 aromatic rings. The fourth-order valence-electron chi connectivity index (χ4n) is 3.51. The van der Waals surface area contributed by atoms with Crippen LogP contribution in [-0.2, 0) is 4.79 Å². The van der Waals surface area contributed by atoms with Crippen molar-refractivity contribution in [3.05, 3.63) is 52.0 Å². The number of Topliss-reactive ketones (excluding diaryl/α,β-unsaturated/α-hetero) is 1. The van der Waals surface area contributed by atoms with Crippen molar-refractivity contribution >= 4 is 34.6 Å². The molecule has 7 heteroatoms. The highest BCUT2D eigenvalue weighted by Crippen LogP contribution is 2.36. The van der Waals surface area contributed by atoms with Gasteiger partial charge in [0.1, 0.15) is 16.8 Å². The molecule has 1 aromatic carbocycles. The number of ketones is 1. The van der Waals surface area contributed by atoms with Gasteiger partial charge in [-0.15, -0.1) is 11.3 Å². The number of benzene rings is 1. The fourth-order valence-corrected chi connectivity index (χ4v) is 4.44. The number of carbonyl (C=O) groups is 2. The number of hydrogen-bond acceptors (Lipinski definition) is 5. The van der Waals surface area contributed by atoms with Crippen LogP contribution in [0, 0.1) is 22.7 Å². The minimum absolute atomic E-state index is 0.0904. The van der Waals surface area contributed by atoms with Gasteiger partial charge in [0.05, 0.1) is 5.57 Å². The Morgan fingerprint density at radius 2 is 2.07 bits per heavy atom. The van der Waals surface area contributed by atoms with Gasteiger partial charge in [-0.25, -0.2) is 4.98 Å². The number of carbonyl (C=O) groups excluding carboxylic acids is 2. The summed E-state index contributed by atoms with van der Waals surface area (Å²) < 4.78 is 0. The van der Waals surface area contributed by atoms with Crippen molar-refractivity contribution in [2.24, 2.45) is 11.3 Å². The van der Waals surface area contributed by atoms with Gasteiger partial charge in [-0.05, 0) is 30.9 Å². The molecule has 1 amide bonds. The number of rotatable bonds is 5. The van der Waals surface area contributed by atoms with Gasteiger partial charge in [0.15, 0.2) is 5.78 Å². The van der Waals surface area contributed by atoms with Crippen molar-refractivity contribution in [2.75, 3.05) is 13.6 Å². The van der Waals surface area contributed by atoms with E-state index in [0.29, 0.717) is 30.1 Å². The third-order valence-corrected chi connectivity index (χ3v) is 6.29. The van der Waals surface area contributed by atoms with Crippen LogP contribution >= 0.6 is 22.9 Å². The van der Waals surface area contributed by atoms with E-state index in [-0.39, 0.29) is 23.2 Å². The summed E-state index contributed by atoms with van der Waals surface area (Å²) in [5, 5.41) is 12.4. The van der Waals surface area contributed by atoms with Crippen LogP contribution in [0.1, 0.15) is 37.2 Å². The summed E-state index contributed by atoms with van der Waals surface area (Å²) in [6.07, 6.45) is 3.13. The molecule has 0 saturated heterocycles. The number of thiazole rings is 1. The summed E-state index contributed by atoms with van der Waals surface area (Å²) in [5.41, 5.74) is 1.02. The van der Waals surface area contributed by atoms with Crippen molar-refractivity contribution < 1.29 is 9.59 Å². The largest absolute Gasteiger partial charge is 0.340 e. The van der Waals surface area contributed by atoms with Gasteiger partial charge >= 0.3 is 0 Å². The average Bonchev–Trinajstić information content (AvgIpc) is 3.18. The van der Waals surface area contributed by atoms with Crippen LogP contribution in [0.25, 0.3) is 10.6 Å². The summed E-state index contributed by atoms with van der Waals surface area (Å²) in [6.45, 7) is 4.26. The maximum Gasteiger partial charge on any atom is 0.273 e. The lowest BCUT2D eigenvalue weighted by atomic mass is 9.71. The van der Waals surface area contributed by atoms with Gasteiger partial charge in [0, 0.05) is 35.0 Å². The SMILES string of the molecule is CN(CC[C@@H]1C=C(C#N)C(=O)C(C)(C)C1)C(=O)c1csc(-c2ccc(Cl)cc2)n1. The minimum Gasteiger partial charge on any atom is -0.340 e. The van der Waals surface area contributed by atoms with Crippen molar-refractivity contribution in [1.29, 1.82) is 5.26 Å². The molecule has 1 heterocycles. The molecule has 1 aromatic heterocycles. The Bertz CT molecular complexity index is 1000. The van der Waals surface area contributed by atoms with Crippen LogP contribution in [0.15, 0.2) is 41.3 Å². The highest BCUT2D eigenvalue weighted by molar-refractivity contribution is 7.13. The number of halogens is 1. The second kappa shape index (κ2) is 8.48. The number of allylic oxidation sites excluding steroid dienone is 2. The lowest BCUT2D eigenvalue weighted by molar-refractivity contribution is -0.124. The van der Waals surface area contributed by atoms with Gasteiger partial charge < -0.3 is 4.90 Å². The Labute approximate surface area is 179 Å². The zero-order valence-electron chi connectivity index (χ0n) is 16.6. The molecule has 1 aliphatic rings. The number of nitriles is 1. The molecule has 0 spiro atoms. The summed E-state index contributed by atoms with van der Waals surface area (Å²) in [4.78, 5) is 31.1. The third-order valence-electron chi connectivity index (χ3n) is 5.15. The Morgan fingerprint density at radius 3 is 2.72 bits per heavy atom. The Morgan fingerprint density at radius 1 is 1.38 bits per heavy atom. The predicted octanol–water partition coefficient (Wildman–Crippen LogP) is 4.99. The number of hydrogen-bond donors (Lipinski definition) is 0. The average molecular weight is 428 g/mol. The normalized spacial score (nSPS) is 18.1. The predicted molar refractivity (Wildman–Crippen MR) is 115 cm³/mol. The summed E-state index contributed by atoms with van der Waals surface area (Å²) in [7, 11) is 1.75. The van der Waals surface area contributed by atoms with E-state index in [2.05, 4.69) is 4.98 Å². The first-order valence-electron chi connectivity index (χ1n) is 9.35. The second-order valence-corrected chi connectivity index (χ2v) is 9.22. The summed E-state index contributed by atoms with van der Waals surface area (Å²) in [5.74, 6) is -0.150. The third kappa shape index (κ3) is 4.75. The topological polar surface area (TPSA) is 74.1 Å². The lowest BCUT2D eigenvalue weighted by Gasteiger charge is -2.32. The molecule has 0 bridgehead atoms. The van der Waals surface area contributed by atoms with E-state index in [0.717, 1.165) is 10.6 Å². The Kier molecular flexibility index (Phi) is 6.21. The van der Waals surface area contributed by atoms with E-state index in [9.17, 15) is 14.9 Å². The van der Waals surface area contributed by atoms with E-state index < -0.39 is 5.41 Å². The molecular weight excluding hydrogens is 406 g/mol. The van der Waals surface area contributed by atoms with Gasteiger partial charge in [0.2, 0.25) is 0 Å². The Balaban J connectivity index is 1.64. The minimum atomic E-state index is -0.546. The molecule has 1 aliphatic carbocycles. The van der Waals surface area contributed by atoms with Crippen LogP contribution < -0.4 is 0 Å². The number of nitrogens with zero attached hydrogens (tertiary/aromatic N) is 3. The first-order chi connectivity index (χ1) is 13.7. The molecule has 5 nitrogen and oxygen atoms in total. The summed E-state index contributed by atoms with van der Waals surface area (Å²) >= 11 is 7.34. The molecule has 29 heavy (non-hydrogen) atoms. The molecule has 0 N–H and O–H groups in total. The first-order valence-corrected chi connectivity index (χ1v) is 10.6. The molecule has 0 saturated carbocycles. The molecule has 0 aliphatic heterocycles. The molecule has 0 unspecified atom stereocenters. The quantitative estimate of drug-likeness (QED) is 0.673. The Hall–Kier alpha value is -2.49. The zero-order chi connectivity index (χ0) is 21.2. The van der Waals surface area contributed by atoms with E-state index >= 15 is 0 Å². The lowest BCUT2D eigenvalue weighted by Crippen LogP contribution is -2.34. The number of aromatic nitrogens is 1. The maximum atomic E-state index is 12.7. The van der Waals surface area contributed by atoms with Crippen molar-refractivity contribution in [3.8, 4) is 16.6 Å². The van der Waals surface area contributed by atoms with Crippen molar-refractivity contribution in [1.82, 2.24) is 9.88 Å².